The average molecular weight is 269 g/mol. The summed E-state index contributed by atoms with van der Waals surface area (Å²) in [6.07, 6.45) is -0.0453. The van der Waals surface area contributed by atoms with Gasteiger partial charge in [0.15, 0.2) is 5.78 Å². The van der Waals surface area contributed by atoms with Crippen LogP contribution in [0.5, 0.6) is 0 Å². The first kappa shape index (κ1) is 14.7. The molecule has 18 heavy (non-hydrogen) atoms. The van der Waals surface area contributed by atoms with Crippen molar-refractivity contribution in [1.29, 1.82) is 0 Å². The second-order valence-corrected chi connectivity index (χ2v) is 5.49. The molecule has 0 aliphatic rings. The maximum atomic E-state index is 11.7. The summed E-state index contributed by atoms with van der Waals surface area (Å²) in [6, 6.07) is 3.64. The fourth-order valence-corrected chi connectivity index (χ4v) is 1.96. The lowest BCUT2D eigenvalue weighted by Gasteiger charge is -2.17. The third kappa shape index (κ3) is 4.87. The van der Waals surface area contributed by atoms with Gasteiger partial charge in [-0.1, -0.05) is 19.9 Å². The van der Waals surface area contributed by atoms with Crippen molar-refractivity contribution in [2.75, 3.05) is 20.2 Å². The number of carbonyl (C=O) groups excluding carboxylic acids is 2. The van der Waals surface area contributed by atoms with Gasteiger partial charge in [-0.25, -0.2) is 4.79 Å². The minimum Gasteiger partial charge on any atom is -0.449 e. The molecule has 0 fully saturated rings. The van der Waals surface area contributed by atoms with Crippen LogP contribution in [0.4, 0.5) is 4.79 Å². The van der Waals surface area contributed by atoms with Gasteiger partial charge in [0, 0.05) is 20.0 Å². The molecule has 100 valence electrons. The molecule has 4 nitrogen and oxygen atoms in total. The zero-order chi connectivity index (χ0) is 13.5. The highest BCUT2D eigenvalue weighted by molar-refractivity contribution is 7.12. The molecular formula is C13H19NO3S. The monoisotopic (exact) mass is 269 g/mol. The molecule has 0 bridgehead atoms. The predicted molar refractivity (Wildman–Crippen MR) is 72.1 cm³/mol. The summed E-state index contributed by atoms with van der Waals surface area (Å²) in [5.41, 5.74) is 0. The molecule has 0 aliphatic carbocycles. The Morgan fingerprint density at radius 1 is 1.44 bits per heavy atom. The van der Waals surface area contributed by atoms with Crippen molar-refractivity contribution in [3.63, 3.8) is 0 Å². The summed E-state index contributed by atoms with van der Waals surface area (Å²) >= 11 is 1.42. The topological polar surface area (TPSA) is 46.6 Å². The van der Waals surface area contributed by atoms with Crippen LogP contribution >= 0.6 is 11.3 Å². The van der Waals surface area contributed by atoms with Crippen LogP contribution in [-0.4, -0.2) is 37.0 Å². The summed E-state index contributed by atoms with van der Waals surface area (Å²) in [5, 5.41) is 1.87. The quantitative estimate of drug-likeness (QED) is 0.746. The van der Waals surface area contributed by atoms with Gasteiger partial charge in [0.05, 0.1) is 11.5 Å². The zero-order valence-electron chi connectivity index (χ0n) is 11.0. The summed E-state index contributed by atoms with van der Waals surface area (Å²) in [5.74, 6) is 0.378. The predicted octanol–water partition coefficient (Wildman–Crippen LogP) is 3.05. The summed E-state index contributed by atoms with van der Waals surface area (Å²) in [7, 11) is 1.64. The van der Waals surface area contributed by atoms with Crippen LogP contribution in [0.15, 0.2) is 17.5 Å². The number of carbonyl (C=O) groups is 2. The van der Waals surface area contributed by atoms with Gasteiger partial charge in [0.1, 0.15) is 0 Å². The van der Waals surface area contributed by atoms with E-state index in [1.54, 1.807) is 13.1 Å². The van der Waals surface area contributed by atoms with E-state index in [2.05, 4.69) is 0 Å². The molecule has 0 saturated heterocycles. The smallest absolute Gasteiger partial charge is 0.409 e. The van der Waals surface area contributed by atoms with Crippen LogP contribution in [0, 0.1) is 5.92 Å². The number of rotatable bonds is 6. The SMILES string of the molecule is CC(C)COC(=O)N(C)CCC(=O)c1cccs1. The van der Waals surface area contributed by atoms with E-state index in [9.17, 15) is 9.59 Å². The highest BCUT2D eigenvalue weighted by Gasteiger charge is 2.13. The van der Waals surface area contributed by atoms with E-state index < -0.39 is 0 Å². The molecule has 0 spiro atoms. The number of hydrogen-bond acceptors (Lipinski definition) is 4. The molecular weight excluding hydrogens is 250 g/mol. The summed E-state index contributed by atoms with van der Waals surface area (Å²) in [6.45, 7) is 4.75. The Morgan fingerprint density at radius 3 is 2.72 bits per heavy atom. The van der Waals surface area contributed by atoms with Crippen molar-refractivity contribution >= 4 is 23.2 Å². The Balaban J connectivity index is 2.30. The molecule has 1 rings (SSSR count). The first-order valence-electron chi connectivity index (χ1n) is 5.95. The Kier molecular flexibility index (Phi) is 5.85. The van der Waals surface area contributed by atoms with Crippen molar-refractivity contribution in [2.45, 2.75) is 20.3 Å². The van der Waals surface area contributed by atoms with Gasteiger partial charge in [-0.2, -0.15) is 0 Å². The fourth-order valence-electron chi connectivity index (χ4n) is 1.27. The first-order chi connectivity index (χ1) is 8.50. The number of ketones is 1. The summed E-state index contributed by atoms with van der Waals surface area (Å²) in [4.78, 5) is 25.4. The van der Waals surface area contributed by atoms with Crippen molar-refractivity contribution in [2.24, 2.45) is 5.92 Å². The number of ether oxygens (including phenoxy) is 1. The molecule has 0 atom stereocenters. The van der Waals surface area contributed by atoms with Crippen LogP contribution in [0.1, 0.15) is 29.9 Å². The molecule has 0 aliphatic heterocycles. The van der Waals surface area contributed by atoms with Gasteiger partial charge in [0.25, 0.3) is 0 Å². The van der Waals surface area contributed by atoms with Crippen LogP contribution in [0.3, 0.4) is 0 Å². The highest BCUT2D eigenvalue weighted by atomic mass is 32.1. The van der Waals surface area contributed by atoms with E-state index in [0.29, 0.717) is 25.5 Å². The van der Waals surface area contributed by atoms with Crippen LogP contribution in [-0.2, 0) is 4.74 Å². The second-order valence-electron chi connectivity index (χ2n) is 4.54. The third-order valence-corrected chi connectivity index (χ3v) is 3.23. The maximum Gasteiger partial charge on any atom is 0.409 e. The lowest BCUT2D eigenvalue weighted by Crippen LogP contribution is -2.30. The molecule has 0 saturated carbocycles. The van der Waals surface area contributed by atoms with Crippen LogP contribution in [0.25, 0.3) is 0 Å². The van der Waals surface area contributed by atoms with E-state index in [1.165, 1.54) is 16.2 Å². The first-order valence-corrected chi connectivity index (χ1v) is 6.83. The average Bonchev–Trinajstić information content (AvgIpc) is 2.86. The van der Waals surface area contributed by atoms with Crippen molar-refractivity contribution in [1.82, 2.24) is 4.90 Å². The van der Waals surface area contributed by atoms with E-state index in [0.717, 1.165) is 4.88 Å². The van der Waals surface area contributed by atoms with Crippen LogP contribution < -0.4 is 0 Å². The Bertz CT molecular complexity index is 387. The number of Topliss-reactive ketones (excluding diaryl/α,β-unsaturated/α-hetero) is 1. The molecule has 1 aromatic rings. The minimum absolute atomic E-state index is 0.0634. The van der Waals surface area contributed by atoms with Crippen LogP contribution in [0.2, 0.25) is 0 Å². The minimum atomic E-state index is -0.373. The molecule has 5 heteroatoms. The molecule has 1 aromatic heterocycles. The highest BCUT2D eigenvalue weighted by Crippen LogP contribution is 2.11. The van der Waals surface area contributed by atoms with Gasteiger partial charge in [0.2, 0.25) is 0 Å². The largest absolute Gasteiger partial charge is 0.449 e. The van der Waals surface area contributed by atoms with Gasteiger partial charge in [-0.3, -0.25) is 4.79 Å². The normalized spacial score (nSPS) is 10.4. The lowest BCUT2D eigenvalue weighted by atomic mass is 10.2. The van der Waals surface area contributed by atoms with Crippen molar-refractivity contribution < 1.29 is 14.3 Å². The van der Waals surface area contributed by atoms with Gasteiger partial charge < -0.3 is 9.64 Å². The van der Waals surface area contributed by atoms with Gasteiger partial charge >= 0.3 is 6.09 Å². The van der Waals surface area contributed by atoms with Crippen molar-refractivity contribution in [3.05, 3.63) is 22.4 Å². The Hall–Kier alpha value is -1.36. The fraction of sp³-hybridized carbons (Fsp3) is 0.538. The van der Waals surface area contributed by atoms with Gasteiger partial charge in [-0.05, 0) is 17.4 Å². The Labute approximate surface area is 112 Å². The number of nitrogens with zero attached hydrogens (tertiary/aromatic N) is 1. The Morgan fingerprint density at radius 2 is 2.17 bits per heavy atom. The van der Waals surface area contributed by atoms with Crippen molar-refractivity contribution in [3.8, 4) is 0 Å². The number of hydrogen-bond donors (Lipinski definition) is 0. The molecule has 1 heterocycles. The van der Waals surface area contributed by atoms with E-state index >= 15 is 0 Å². The molecule has 0 N–H and O–H groups in total. The maximum absolute atomic E-state index is 11.7. The second kappa shape index (κ2) is 7.16. The molecule has 0 aromatic carbocycles. The number of thiophene rings is 1. The molecule has 0 radical (unpaired) electrons. The van der Waals surface area contributed by atoms with E-state index in [-0.39, 0.29) is 11.9 Å². The summed E-state index contributed by atoms with van der Waals surface area (Å²) < 4.78 is 5.07. The standard InChI is InChI=1S/C13H19NO3S/c1-10(2)9-17-13(16)14(3)7-6-11(15)12-5-4-8-18-12/h4-5,8,10H,6-7,9H2,1-3H3. The van der Waals surface area contributed by atoms with E-state index in [1.807, 2.05) is 25.3 Å². The molecule has 0 unspecified atom stereocenters. The number of amides is 1. The van der Waals surface area contributed by atoms with E-state index in [4.69, 9.17) is 4.74 Å². The lowest BCUT2D eigenvalue weighted by molar-refractivity contribution is 0.0913. The van der Waals surface area contributed by atoms with Gasteiger partial charge in [-0.15, -0.1) is 11.3 Å². The molecule has 1 amide bonds. The third-order valence-electron chi connectivity index (χ3n) is 2.32. The zero-order valence-corrected chi connectivity index (χ0v) is 11.8.